The lowest BCUT2D eigenvalue weighted by Crippen LogP contribution is -2.37. The van der Waals surface area contributed by atoms with Gasteiger partial charge in [0.05, 0.1) is 5.56 Å². The van der Waals surface area contributed by atoms with E-state index in [0.29, 0.717) is 11.6 Å². The number of anilines is 1. The summed E-state index contributed by atoms with van der Waals surface area (Å²) in [6.07, 6.45) is 1.22. The van der Waals surface area contributed by atoms with Crippen LogP contribution in [0.2, 0.25) is 0 Å². The van der Waals surface area contributed by atoms with Crippen LogP contribution in [0.1, 0.15) is 25.8 Å². The second kappa shape index (κ2) is 6.40. The maximum Gasteiger partial charge on any atom is 0.100 e. The van der Waals surface area contributed by atoms with Crippen molar-refractivity contribution >= 4 is 21.6 Å². The van der Waals surface area contributed by atoms with E-state index in [-0.39, 0.29) is 0 Å². The van der Waals surface area contributed by atoms with Crippen LogP contribution in [0.15, 0.2) is 22.7 Å². The second-order valence-electron chi connectivity index (χ2n) is 4.89. The van der Waals surface area contributed by atoms with Crippen LogP contribution >= 0.6 is 15.9 Å². The highest BCUT2D eigenvalue weighted by Crippen LogP contribution is 2.27. The molecule has 1 fully saturated rings. The maximum absolute atomic E-state index is 8.95. The fourth-order valence-electron chi connectivity index (χ4n) is 2.81. The molecule has 4 heteroatoms. The summed E-state index contributed by atoms with van der Waals surface area (Å²) in [6.45, 7) is 8.87. The topological polar surface area (TPSA) is 30.3 Å². The Balaban J connectivity index is 2.09. The molecule has 0 aliphatic carbocycles. The summed E-state index contributed by atoms with van der Waals surface area (Å²) in [6, 6.07) is 8.84. The van der Waals surface area contributed by atoms with E-state index in [0.717, 1.165) is 30.7 Å². The number of rotatable bonds is 4. The van der Waals surface area contributed by atoms with E-state index < -0.39 is 0 Å². The minimum Gasteiger partial charge on any atom is -0.370 e. The smallest absolute Gasteiger partial charge is 0.100 e. The van der Waals surface area contributed by atoms with Crippen LogP contribution in [0.5, 0.6) is 0 Å². The Morgan fingerprint density at radius 1 is 1.42 bits per heavy atom. The third-order valence-corrected chi connectivity index (χ3v) is 4.59. The third-order valence-electron chi connectivity index (χ3n) is 3.93. The molecule has 0 bridgehead atoms. The van der Waals surface area contributed by atoms with Gasteiger partial charge in [0.1, 0.15) is 6.07 Å². The van der Waals surface area contributed by atoms with E-state index in [9.17, 15) is 0 Å². The van der Waals surface area contributed by atoms with Crippen LogP contribution in [-0.2, 0) is 0 Å². The molecule has 1 unspecified atom stereocenters. The predicted molar refractivity (Wildman–Crippen MR) is 82.4 cm³/mol. The van der Waals surface area contributed by atoms with Crippen molar-refractivity contribution in [2.75, 3.05) is 31.1 Å². The van der Waals surface area contributed by atoms with Crippen molar-refractivity contribution in [3.05, 3.63) is 28.2 Å². The molecular formula is C15H20BrN3. The molecule has 1 atom stereocenters. The van der Waals surface area contributed by atoms with Gasteiger partial charge in [0, 0.05) is 29.3 Å². The summed E-state index contributed by atoms with van der Waals surface area (Å²) in [7, 11) is 0. The molecule has 102 valence electrons. The molecule has 1 aromatic rings. The largest absolute Gasteiger partial charge is 0.370 e. The van der Waals surface area contributed by atoms with Gasteiger partial charge in [-0.25, -0.2) is 0 Å². The van der Waals surface area contributed by atoms with Gasteiger partial charge >= 0.3 is 0 Å². The van der Waals surface area contributed by atoms with Gasteiger partial charge in [0.2, 0.25) is 0 Å². The van der Waals surface area contributed by atoms with Crippen molar-refractivity contribution in [3.63, 3.8) is 0 Å². The summed E-state index contributed by atoms with van der Waals surface area (Å²) >= 11 is 3.47. The highest BCUT2D eigenvalue weighted by Gasteiger charge is 2.26. The van der Waals surface area contributed by atoms with E-state index in [2.05, 4.69) is 51.7 Å². The fraction of sp³-hybridized carbons (Fsp3) is 0.533. The standard InChI is InChI=1S/C15H20BrN3/c1-3-18(4-2)14-7-8-19(11-14)13-6-5-12(10-17)15(16)9-13/h5-6,9,14H,3-4,7-8,11H2,1-2H3. The number of benzene rings is 1. The number of hydrogen-bond acceptors (Lipinski definition) is 3. The lowest BCUT2D eigenvalue weighted by atomic mass is 10.2. The Morgan fingerprint density at radius 2 is 2.16 bits per heavy atom. The van der Waals surface area contributed by atoms with Crippen LogP contribution in [-0.4, -0.2) is 37.1 Å². The molecular weight excluding hydrogens is 302 g/mol. The van der Waals surface area contributed by atoms with Crippen molar-refractivity contribution in [2.24, 2.45) is 0 Å². The van der Waals surface area contributed by atoms with E-state index in [1.54, 1.807) is 0 Å². The Hall–Kier alpha value is -1.05. The quantitative estimate of drug-likeness (QED) is 0.852. The Kier molecular flexibility index (Phi) is 4.84. The molecule has 1 saturated heterocycles. The third kappa shape index (κ3) is 3.10. The average molecular weight is 322 g/mol. The molecule has 0 spiro atoms. The monoisotopic (exact) mass is 321 g/mol. The first-order valence-corrected chi connectivity index (χ1v) is 7.67. The molecule has 0 saturated carbocycles. The number of likely N-dealkylation sites (N-methyl/N-ethyl adjacent to an activating group) is 1. The lowest BCUT2D eigenvalue weighted by Gasteiger charge is -2.26. The van der Waals surface area contributed by atoms with Gasteiger partial charge in [-0.3, -0.25) is 4.90 Å². The van der Waals surface area contributed by atoms with Crippen LogP contribution in [0.4, 0.5) is 5.69 Å². The first-order valence-electron chi connectivity index (χ1n) is 6.88. The van der Waals surface area contributed by atoms with Gasteiger partial charge in [0.25, 0.3) is 0 Å². The van der Waals surface area contributed by atoms with Gasteiger partial charge in [0.15, 0.2) is 0 Å². The Morgan fingerprint density at radius 3 is 2.74 bits per heavy atom. The minimum atomic E-state index is 0.657. The zero-order chi connectivity index (χ0) is 13.8. The van der Waals surface area contributed by atoms with E-state index in [1.807, 2.05) is 12.1 Å². The molecule has 1 heterocycles. The van der Waals surface area contributed by atoms with Crippen LogP contribution in [0.3, 0.4) is 0 Å². The number of nitriles is 1. The molecule has 2 rings (SSSR count). The Bertz CT molecular complexity index is 477. The average Bonchev–Trinajstić information content (AvgIpc) is 2.90. The molecule has 3 nitrogen and oxygen atoms in total. The van der Waals surface area contributed by atoms with Crippen molar-refractivity contribution in [1.29, 1.82) is 5.26 Å². The summed E-state index contributed by atoms with van der Waals surface area (Å²) in [4.78, 5) is 4.94. The second-order valence-corrected chi connectivity index (χ2v) is 5.74. The minimum absolute atomic E-state index is 0.657. The van der Waals surface area contributed by atoms with Crippen LogP contribution < -0.4 is 4.90 Å². The molecule has 1 aliphatic rings. The zero-order valence-corrected chi connectivity index (χ0v) is 13.2. The van der Waals surface area contributed by atoms with E-state index in [4.69, 9.17) is 5.26 Å². The van der Waals surface area contributed by atoms with Crippen molar-refractivity contribution < 1.29 is 0 Å². The van der Waals surface area contributed by atoms with Gasteiger partial charge in [-0.15, -0.1) is 0 Å². The normalized spacial score (nSPS) is 18.9. The van der Waals surface area contributed by atoms with Gasteiger partial charge < -0.3 is 4.90 Å². The molecule has 0 radical (unpaired) electrons. The first kappa shape index (κ1) is 14.4. The molecule has 1 aromatic carbocycles. The maximum atomic E-state index is 8.95. The van der Waals surface area contributed by atoms with Gasteiger partial charge in [-0.05, 0) is 53.6 Å². The van der Waals surface area contributed by atoms with Crippen LogP contribution in [0.25, 0.3) is 0 Å². The molecule has 0 amide bonds. The summed E-state index contributed by atoms with van der Waals surface area (Å²) in [5.41, 5.74) is 1.91. The fourth-order valence-corrected chi connectivity index (χ4v) is 3.26. The van der Waals surface area contributed by atoms with Crippen molar-refractivity contribution in [3.8, 4) is 6.07 Å². The summed E-state index contributed by atoms with van der Waals surface area (Å²) in [5, 5.41) is 8.95. The van der Waals surface area contributed by atoms with E-state index in [1.165, 1.54) is 12.1 Å². The summed E-state index contributed by atoms with van der Waals surface area (Å²) < 4.78 is 0.888. The van der Waals surface area contributed by atoms with E-state index >= 15 is 0 Å². The van der Waals surface area contributed by atoms with Crippen LogP contribution in [0, 0.1) is 11.3 Å². The zero-order valence-electron chi connectivity index (χ0n) is 11.6. The highest BCUT2D eigenvalue weighted by atomic mass is 79.9. The predicted octanol–water partition coefficient (Wildman–Crippen LogP) is 3.24. The SMILES string of the molecule is CCN(CC)C1CCN(c2ccc(C#N)c(Br)c2)C1. The van der Waals surface area contributed by atoms with Crippen molar-refractivity contribution in [2.45, 2.75) is 26.3 Å². The molecule has 0 N–H and O–H groups in total. The lowest BCUT2D eigenvalue weighted by molar-refractivity contribution is 0.232. The van der Waals surface area contributed by atoms with Gasteiger partial charge in [-0.1, -0.05) is 13.8 Å². The Labute approximate surface area is 123 Å². The summed E-state index contributed by atoms with van der Waals surface area (Å²) in [5.74, 6) is 0. The number of hydrogen-bond donors (Lipinski definition) is 0. The first-order chi connectivity index (χ1) is 9.19. The number of halogens is 1. The molecule has 19 heavy (non-hydrogen) atoms. The highest BCUT2D eigenvalue weighted by molar-refractivity contribution is 9.10. The number of nitrogens with zero attached hydrogens (tertiary/aromatic N) is 3. The van der Waals surface area contributed by atoms with Gasteiger partial charge in [-0.2, -0.15) is 5.26 Å². The van der Waals surface area contributed by atoms with Crippen molar-refractivity contribution in [1.82, 2.24) is 4.90 Å². The molecule has 0 aromatic heterocycles. The molecule has 1 aliphatic heterocycles.